The van der Waals surface area contributed by atoms with Crippen LogP contribution in [0.25, 0.3) is 0 Å². The second kappa shape index (κ2) is 6.60. The first kappa shape index (κ1) is 12.1. The van der Waals surface area contributed by atoms with Gasteiger partial charge in [-0.15, -0.1) is 0 Å². The summed E-state index contributed by atoms with van der Waals surface area (Å²) in [6, 6.07) is 3.32. The van der Waals surface area contributed by atoms with Crippen LogP contribution in [0.3, 0.4) is 0 Å². The van der Waals surface area contributed by atoms with Crippen molar-refractivity contribution in [2.75, 3.05) is 7.11 Å². The van der Waals surface area contributed by atoms with Gasteiger partial charge in [0.25, 0.3) is 0 Å². The molecule has 1 aromatic rings. The summed E-state index contributed by atoms with van der Waals surface area (Å²) in [5.41, 5.74) is 0.440. The highest BCUT2D eigenvalue weighted by atomic mass is 79.9. The van der Waals surface area contributed by atoms with E-state index in [9.17, 15) is 4.79 Å². The van der Waals surface area contributed by atoms with Crippen molar-refractivity contribution in [3.05, 3.63) is 28.5 Å². The Morgan fingerprint density at radius 3 is 2.62 bits per heavy atom. The molecule has 0 fully saturated rings. The van der Waals surface area contributed by atoms with Gasteiger partial charge in [0.05, 0.1) is 12.7 Å². The van der Waals surface area contributed by atoms with Crippen LogP contribution < -0.4 is 0 Å². The van der Waals surface area contributed by atoms with Gasteiger partial charge in [0, 0.05) is 6.20 Å². The third-order valence-electron chi connectivity index (χ3n) is 1.16. The maximum absolute atomic E-state index is 10.9. The van der Waals surface area contributed by atoms with Gasteiger partial charge in [-0.3, -0.25) is 0 Å². The predicted molar refractivity (Wildman–Crippen MR) is 54.6 cm³/mol. The Morgan fingerprint density at radius 1 is 1.54 bits per heavy atom. The molecule has 0 radical (unpaired) electrons. The number of pyridine rings is 1. The largest absolute Gasteiger partial charge is 0.465 e. The Bertz CT molecular complexity index is 276. The molecule has 13 heavy (non-hydrogen) atoms. The quantitative estimate of drug-likeness (QED) is 0.564. The van der Waals surface area contributed by atoms with Gasteiger partial charge >= 0.3 is 5.97 Å². The van der Waals surface area contributed by atoms with E-state index >= 15 is 0 Å². The molecule has 0 saturated carbocycles. The zero-order valence-corrected chi connectivity index (χ0v) is 9.46. The molecule has 0 N–H and O–H groups in total. The molecule has 0 saturated heterocycles. The van der Waals surface area contributed by atoms with Gasteiger partial charge in [-0.25, -0.2) is 9.78 Å². The van der Waals surface area contributed by atoms with Crippen molar-refractivity contribution in [3.63, 3.8) is 0 Å². The van der Waals surface area contributed by atoms with Crippen molar-refractivity contribution in [2.24, 2.45) is 0 Å². The molecule has 3 nitrogen and oxygen atoms in total. The van der Waals surface area contributed by atoms with Crippen LogP contribution in [0.1, 0.15) is 24.2 Å². The monoisotopic (exact) mass is 245 g/mol. The fourth-order valence-electron chi connectivity index (χ4n) is 0.648. The fraction of sp³-hybridized carbons (Fsp3) is 0.333. The lowest BCUT2D eigenvalue weighted by molar-refractivity contribution is 0.0599. The van der Waals surface area contributed by atoms with Gasteiger partial charge < -0.3 is 4.74 Å². The molecule has 1 heterocycles. The molecule has 1 rings (SSSR count). The zero-order chi connectivity index (χ0) is 10.3. The van der Waals surface area contributed by atoms with Crippen LogP contribution in [0.15, 0.2) is 22.9 Å². The Hall–Kier alpha value is -0.900. The number of ether oxygens (including phenoxy) is 1. The Balaban J connectivity index is 0.000000671. The van der Waals surface area contributed by atoms with Crippen molar-refractivity contribution in [3.8, 4) is 0 Å². The number of carbonyl (C=O) groups excluding carboxylic acids is 1. The molecule has 0 aliphatic carbocycles. The average Bonchev–Trinajstić information content (AvgIpc) is 2.20. The molecular weight excluding hydrogens is 234 g/mol. The van der Waals surface area contributed by atoms with E-state index in [1.165, 1.54) is 7.11 Å². The van der Waals surface area contributed by atoms with Crippen LogP contribution in [0.4, 0.5) is 0 Å². The number of methoxy groups -OCH3 is 1. The summed E-state index contributed by atoms with van der Waals surface area (Å²) in [5, 5.41) is 0. The Labute approximate surface area is 86.3 Å². The van der Waals surface area contributed by atoms with Crippen LogP contribution in [0.5, 0.6) is 0 Å². The zero-order valence-electron chi connectivity index (χ0n) is 7.87. The standard InChI is InChI=1S/C7H6BrNO2.C2H6/c1-11-7(10)5-3-2-4-9-6(5)8;1-2/h2-4H,1H3;1-2H3. The molecule has 4 heteroatoms. The van der Waals surface area contributed by atoms with Gasteiger partial charge in [0.1, 0.15) is 4.60 Å². The number of hydrogen-bond acceptors (Lipinski definition) is 3. The van der Waals surface area contributed by atoms with E-state index in [1.54, 1.807) is 18.3 Å². The molecule has 0 atom stereocenters. The van der Waals surface area contributed by atoms with E-state index < -0.39 is 0 Å². The summed E-state index contributed by atoms with van der Waals surface area (Å²) in [6.07, 6.45) is 1.59. The van der Waals surface area contributed by atoms with Crippen LogP contribution in [0, 0.1) is 0 Å². The molecule has 0 amide bonds. The summed E-state index contributed by atoms with van der Waals surface area (Å²) in [5.74, 6) is -0.384. The SMILES string of the molecule is CC.COC(=O)c1cccnc1Br. The Morgan fingerprint density at radius 2 is 2.15 bits per heavy atom. The van der Waals surface area contributed by atoms with E-state index in [0.29, 0.717) is 10.2 Å². The van der Waals surface area contributed by atoms with E-state index in [1.807, 2.05) is 13.8 Å². The van der Waals surface area contributed by atoms with E-state index in [4.69, 9.17) is 0 Å². The van der Waals surface area contributed by atoms with Gasteiger partial charge in [0.2, 0.25) is 0 Å². The van der Waals surface area contributed by atoms with Gasteiger partial charge in [-0.2, -0.15) is 0 Å². The van der Waals surface area contributed by atoms with Gasteiger partial charge in [-0.1, -0.05) is 13.8 Å². The van der Waals surface area contributed by atoms with E-state index in [0.717, 1.165) is 0 Å². The average molecular weight is 246 g/mol. The number of rotatable bonds is 1. The van der Waals surface area contributed by atoms with Crippen molar-refractivity contribution in [1.82, 2.24) is 4.98 Å². The van der Waals surface area contributed by atoms with Crippen LogP contribution in [-0.2, 0) is 4.74 Å². The third-order valence-corrected chi connectivity index (χ3v) is 1.80. The third kappa shape index (κ3) is 3.55. The first-order chi connectivity index (χ1) is 6.25. The molecule has 72 valence electrons. The molecule has 0 aliphatic rings. The second-order valence-corrected chi connectivity index (χ2v) is 2.58. The van der Waals surface area contributed by atoms with Crippen molar-refractivity contribution in [1.29, 1.82) is 0 Å². The minimum atomic E-state index is -0.384. The van der Waals surface area contributed by atoms with Crippen molar-refractivity contribution < 1.29 is 9.53 Å². The molecule has 0 aliphatic heterocycles. The van der Waals surface area contributed by atoms with Crippen molar-refractivity contribution in [2.45, 2.75) is 13.8 Å². The highest BCUT2D eigenvalue weighted by Gasteiger charge is 2.08. The topological polar surface area (TPSA) is 39.2 Å². The van der Waals surface area contributed by atoms with E-state index in [2.05, 4.69) is 25.7 Å². The highest BCUT2D eigenvalue weighted by Crippen LogP contribution is 2.12. The number of carbonyl (C=O) groups is 1. The number of esters is 1. The summed E-state index contributed by atoms with van der Waals surface area (Å²) < 4.78 is 5.01. The number of aromatic nitrogens is 1. The molecule has 0 unspecified atom stereocenters. The summed E-state index contributed by atoms with van der Waals surface area (Å²) in [6.45, 7) is 4.00. The fourth-order valence-corrected chi connectivity index (χ4v) is 1.06. The van der Waals surface area contributed by atoms with Gasteiger partial charge in [0.15, 0.2) is 0 Å². The predicted octanol–water partition coefficient (Wildman–Crippen LogP) is 2.66. The number of halogens is 1. The van der Waals surface area contributed by atoms with E-state index in [-0.39, 0.29) is 5.97 Å². The molecule has 0 aromatic carbocycles. The maximum Gasteiger partial charge on any atom is 0.340 e. The molecular formula is C9H12BrNO2. The maximum atomic E-state index is 10.9. The molecule has 0 spiro atoms. The molecule has 1 aromatic heterocycles. The Kier molecular flexibility index (Phi) is 6.14. The highest BCUT2D eigenvalue weighted by molar-refractivity contribution is 9.10. The number of nitrogens with zero attached hydrogens (tertiary/aromatic N) is 1. The smallest absolute Gasteiger partial charge is 0.340 e. The van der Waals surface area contributed by atoms with Crippen LogP contribution in [0.2, 0.25) is 0 Å². The second-order valence-electron chi connectivity index (χ2n) is 1.83. The van der Waals surface area contributed by atoms with Gasteiger partial charge in [-0.05, 0) is 28.1 Å². The summed E-state index contributed by atoms with van der Waals surface area (Å²) in [4.78, 5) is 14.8. The van der Waals surface area contributed by atoms with Crippen LogP contribution >= 0.6 is 15.9 Å². The lowest BCUT2D eigenvalue weighted by Crippen LogP contribution is -2.02. The minimum Gasteiger partial charge on any atom is -0.465 e. The van der Waals surface area contributed by atoms with Crippen molar-refractivity contribution >= 4 is 21.9 Å². The first-order valence-corrected chi connectivity index (χ1v) is 4.74. The first-order valence-electron chi connectivity index (χ1n) is 3.94. The van der Waals surface area contributed by atoms with Crippen LogP contribution in [-0.4, -0.2) is 18.1 Å². The minimum absolute atomic E-state index is 0.384. The normalized spacial score (nSPS) is 8.31. The summed E-state index contributed by atoms with van der Waals surface area (Å²) >= 11 is 3.13. The lowest BCUT2D eigenvalue weighted by atomic mass is 10.3. The number of hydrogen-bond donors (Lipinski definition) is 0. The molecule has 0 bridgehead atoms. The summed E-state index contributed by atoms with van der Waals surface area (Å²) in [7, 11) is 1.34. The lowest BCUT2D eigenvalue weighted by Gasteiger charge is -1.98.